The van der Waals surface area contributed by atoms with Gasteiger partial charge in [0.25, 0.3) is 5.91 Å². The van der Waals surface area contributed by atoms with Gasteiger partial charge in [0, 0.05) is 27.8 Å². The number of anilines is 1. The number of fused-ring (bicyclic) bond motifs is 1. The van der Waals surface area contributed by atoms with E-state index >= 15 is 0 Å². The zero-order valence-electron chi connectivity index (χ0n) is 11.8. The van der Waals surface area contributed by atoms with E-state index in [1.807, 2.05) is 12.1 Å². The van der Waals surface area contributed by atoms with Crippen molar-refractivity contribution in [2.24, 2.45) is 5.73 Å². The van der Waals surface area contributed by atoms with E-state index in [-0.39, 0.29) is 0 Å². The van der Waals surface area contributed by atoms with Crippen LogP contribution in [0.4, 0.5) is 5.82 Å². The van der Waals surface area contributed by atoms with Gasteiger partial charge in [0.05, 0.1) is 20.7 Å². The minimum atomic E-state index is -0.533. The summed E-state index contributed by atoms with van der Waals surface area (Å²) < 4.78 is 1.40. The fourth-order valence-electron chi connectivity index (χ4n) is 2.23. The summed E-state index contributed by atoms with van der Waals surface area (Å²) >= 11 is 9.12. The van der Waals surface area contributed by atoms with Crippen LogP contribution < -0.4 is 11.5 Å². The number of hydrogen-bond donors (Lipinski definition) is 2. The average molecular weight is 363 g/mol. The van der Waals surface area contributed by atoms with Gasteiger partial charge in [-0.05, 0) is 24.1 Å². The SMILES string of the molecule is N#CCCc1cc(-c2cc3c(N)ncc(C(N)=O)c3s2)sc1Cl. The highest BCUT2D eigenvalue weighted by molar-refractivity contribution is 7.27. The summed E-state index contributed by atoms with van der Waals surface area (Å²) in [5, 5.41) is 9.41. The molecule has 0 aliphatic heterocycles. The predicted molar refractivity (Wildman–Crippen MR) is 94.8 cm³/mol. The highest BCUT2D eigenvalue weighted by atomic mass is 35.5. The summed E-state index contributed by atoms with van der Waals surface area (Å²) in [6, 6.07) is 5.98. The van der Waals surface area contributed by atoms with Gasteiger partial charge in [0.2, 0.25) is 0 Å². The fourth-order valence-corrected chi connectivity index (χ4v) is 4.82. The quantitative estimate of drug-likeness (QED) is 0.735. The number of amides is 1. The lowest BCUT2D eigenvalue weighted by molar-refractivity contribution is 0.100. The summed E-state index contributed by atoms with van der Waals surface area (Å²) in [6.45, 7) is 0. The number of pyridine rings is 1. The van der Waals surface area contributed by atoms with Crippen LogP contribution in [0.1, 0.15) is 22.3 Å². The van der Waals surface area contributed by atoms with Crippen LogP contribution in [-0.4, -0.2) is 10.9 Å². The predicted octanol–water partition coefficient (Wildman–Crippen LogP) is 3.82. The zero-order chi connectivity index (χ0) is 16.6. The molecule has 0 spiro atoms. The highest BCUT2D eigenvalue weighted by Crippen LogP contribution is 2.42. The monoisotopic (exact) mass is 362 g/mol. The Morgan fingerprint density at radius 1 is 1.35 bits per heavy atom. The summed E-state index contributed by atoms with van der Waals surface area (Å²) in [5.41, 5.74) is 12.6. The Bertz CT molecular complexity index is 954. The van der Waals surface area contributed by atoms with E-state index < -0.39 is 5.91 Å². The van der Waals surface area contributed by atoms with Gasteiger partial charge >= 0.3 is 0 Å². The number of thiophene rings is 2. The maximum absolute atomic E-state index is 11.5. The second kappa shape index (κ2) is 6.16. The third-order valence-electron chi connectivity index (χ3n) is 3.36. The maximum atomic E-state index is 11.5. The average Bonchev–Trinajstić information content (AvgIpc) is 3.09. The van der Waals surface area contributed by atoms with Gasteiger partial charge in [-0.2, -0.15) is 5.26 Å². The van der Waals surface area contributed by atoms with Gasteiger partial charge in [0.1, 0.15) is 5.82 Å². The number of carbonyl (C=O) groups is 1. The number of aromatic nitrogens is 1. The first-order valence-corrected chi connectivity index (χ1v) is 8.65. The van der Waals surface area contributed by atoms with Crippen molar-refractivity contribution in [3.05, 3.63) is 33.8 Å². The van der Waals surface area contributed by atoms with Crippen LogP contribution in [0, 0.1) is 11.3 Å². The minimum Gasteiger partial charge on any atom is -0.383 e. The summed E-state index contributed by atoms with van der Waals surface area (Å²) in [5.74, 6) is -0.172. The number of nitrogen functional groups attached to an aromatic ring is 1. The molecule has 0 aliphatic carbocycles. The molecule has 116 valence electrons. The van der Waals surface area contributed by atoms with Crippen LogP contribution >= 0.6 is 34.3 Å². The molecule has 3 rings (SSSR count). The molecule has 1 amide bonds. The van der Waals surface area contributed by atoms with E-state index in [2.05, 4.69) is 11.1 Å². The molecule has 0 fully saturated rings. The van der Waals surface area contributed by atoms with Gasteiger partial charge in [-0.25, -0.2) is 4.98 Å². The molecule has 23 heavy (non-hydrogen) atoms. The van der Waals surface area contributed by atoms with Crippen LogP contribution in [0.3, 0.4) is 0 Å². The first kappa shape index (κ1) is 15.7. The van der Waals surface area contributed by atoms with E-state index in [0.717, 1.165) is 20.0 Å². The zero-order valence-corrected chi connectivity index (χ0v) is 14.2. The second-order valence-corrected chi connectivity index (χ2v) is 7.55. The molecule has 8 heteroatoms. The Morgan fingerprint density at radius 2 is 2.09 bits per heavy atom. The largest absolute Gasteiger partial charge is 0.383 e. The van der Waals surface area contributed by atoms with Crippen molar-refractivity contribution in [1.82, 2.24) is 4.98 Å². The van der Waals surface area contributed by atoms with E-state index in [1.165, 1.54) is 28.9 Å². The molecular formula is C15H11ClN4OS2. The number of hydrogen-bond acceptors (Lipinski definition) is 6. The first-order chi connectivity index (χ1) is 11.0. The lowest BCUT2D eigenvalue weighted by Gasteiger charge is -1.99. The molecule has 4 N–H and O–H groups in total. The molecule has 5 nitrogen and oxygen atoms in total. The summed E-state index contributed by atoms with van der Waals surface area (Å²) in [4.78, 5) is 17.5. The molecule has 0 saturated heterocycles. The van der Waals surface area contributed by atoms with Crippen molar-refractivity contribution in [1.29, 1.82) is 5.26 Å². The van der Waals surface area contributed by atoms with Crippen LogP contribution in [0.25, 0.3) is 19.8 Å². The smallest absolute Gasteiger partial charge is 0.251 e. The standard InChI is InChI=1S/C15H11ClN4OS2/c16-13-7(2-1-3-17)4-10(23-13)11-5-8-12(22-11)9(15(19)21)6-20-14(8)18/h4-6H,1-2H2,(H2,18,20)(H2,19,21). The molecule has 0 aliphatic rings. The summed E-state index contributed by atoms with van der Waals surface area (Å²) in [7, 11) is 0. The van der Waals surface area contributed by atoms with Gasteiger partial charge in [0.15, 0.2) is 0 Å². The Balaban J connectivity index is 2.11. The first-order valence-electron chi connectivity index (χ1n) is 6.64. The molecule has 0 bridgehead atoms. The van der Waals surface area contributed by atoms with Crippen LogP contribution in [0.2, 0.25) is 4.34 Å². The Labute approximate surface area is 145 Å². The third kappa shape index (κ3) is 2.88. The normalized spacial score (nSPS) is 10.8. The van der Waals surface area contributed by atoms with Gasteiger partial charge < -0.3 is 11.5 Å². The van der Waals surface area contributed by atoms with Crippen molar-refractivity contribution < 1.29 is 4.79 Å². The van der Waals surface area contributed by atoms with Crippen LogP contribution in [0.15, 0.2) is 18.3 Å². The lowest BCUT2D eigenvalue weighted by atomic mass is 10.2. The number of carbonyl (C=O) groups excluding carboxylic acids is 1. The van der Waals surface area contributed by atoms with Crippen molar-refractivity contribution in [2.45, 2.75) is 12.8 Å². The van der Waals surface area contributed by atoms with E-state index in [4.69, 9.17) is 28.3 Å². The molecule has 3 aromatic heterocycles. The molecule has 0 aromatic carbocycles. The number of rotatable bonds is 4. The van der Waals surface area contributed by atoms with E-state index in [0.29, 0.717) is 33.9 Å². The number of nitrogens with two attached hydrogens (primary N) is 2. The minimum absolute atomic E-state index is 0.359. The molecule has 0 saturated carbocycles. The number of aryl methyl sites for hydroxylation is 1. The van der Waals surface area contributed by atoms with Crippen molar-refractivity contribution in [2.75, 3.05) is 5.73 Å². The number of nitrogens with zero attached hydrogens (tertiary/aromatic N) is 2. The topological polar surface area (TPSA) is 106 Å². The molecule has 0 radical (unpaired) electrons. The van der Waals surface area contributed by atoms with Crippen molar-refractivity contribution in [3.63, 3.8) is 0 Å². The van der Waals surface area contributed by atoms with E-state index in [1.54, 1.807) is 0 Å². The number of primary amides is 1. The fraction of sp³-hybridized carbons (Fsp3) is 0.133. The van der Waals surface area contributed by atoms with Crippen molar-refractivity contribution >= 4 is 56.1 Å². The third-order valence-corrected chi connectivity index (χ3v) is 6.16. The Kier molecular flexibility index (Phi) is 4.22. The van der Waals surface area contributed by atoms with Gasteiger partial charge in [-0.15, -0.1) is 22.7 Å². The van der Waals surface area contributed by atoms with Gasteiger partial charge in [-0.1, -0.05) is 11.6 Å². The molecule has 0 atom stereocenters. The Morgan fingerprint density at radius 3 is 2.78 bits per heavy atom. The van der Waals surface area contributed by atoms with Gasteiger partial charge in [-0.3, -0.25) is 4.79 Å². The van der Waals surface area contributed by atoms with Crippen LogP contribution in [0.5, 0.6) is 0 Å². The van der Waals surface area contributed by atoms with Crippen LogP contribution in [-0.2, 0) is 6.42 Å². The molecule has 0 unspecified atom stereocenters. The molecule has 3 heterocycles. The van der Waals surface area contributed by atoms with E-state index in [9.17, 15) is 4.79 Å². The number of nitriles is 1. The van der Waals surface area contributed by atoms with Crippen molar-refractivity contribution in [3.8, 4) is 15.8 Å². The summed E-state index contributed by atoms with van der Waals surface area (Å²) in [6.07, 6.45) is 2.44. The lowest BCUT2D eigenvalue weighted by Crippen LogP contribution is -2.11. The highest BCUT2D eigenvalue weighted by Gasteiger charge is 2.17. The molecular weight excluding hydrogens is 352 g/mol. The molecule has 3 aromatic rings. The number of halogens is 1. The maximum Gasteiger partial charge on any atom is 0.251 e. The Hall–Kier alpha value is -2.14. The second-order valence-electron chi connectivity index (χ2n) is 4.84.